The average molecular weight is 308 g/mol. The van der Waals surface area contributed by atoms with Crippen molar-refractivity contribution in [3.8, 4) is 5.75 Å². The first-order valence-corrected chi connectivity index (χ1v) is 7.92. The fourth-order valence-corrected chi connectivity index (χ4v) is 2.91. The number of hydrogen-bond acceptors (Lipinski definition) is 3. The highest BCUT2D eigenvalue weighted by atomic mass is 35.5. The Morgan fingerprint density at radius 1 is 1.48 bits per heavy atom. The van der Waals surface area contributed by atoms with Crippen molar-refractivity contribution in [2.75, 3.05) is 20.7 Å². The molecule has 0 bridgehead atoms. The summed E-state index contributed by atoms with van der Waals surface area (Å²) in [6, 6.07) is 6.75. The van der Waals surface area contributed by atoms with Gasteiger partial charge in [0.15, 0.2) is 0 Å². The van der Waals surface area contributed by atoms with Crippen LogP contribution >= 0.6 is 11.6 Å². The van der Waals surface area contributed by atoms with Gasteiger partial charge in [-0.1, -0.05) is 0 Å². The molecule has 2 aromatic rings. The lowest BCUT2D eigenvalue weighted by molar-refractivity contribution is 0.309. The molecule has 0 radical (unpaired) electrons. The molecule has 1 atom stereocenters. The predicted molar refractivity (Wildman–Crippen MR) is 86.2 cm³/mol. The molecule has 0 saturated heterocycles. The molecule has 1 aliphatic carbocycles. The number of nitrogens with zero attached hydrogens (tertiary/aromatic N) is 3. The first-order chi connectivity index (χ1) is 10.1. The zero-order valence-electron chi connectivity index (χ0n) is 12.8. The van der Waals surface area contributed by atoms with E-state index >= 15 is 0 Å². The van der Waals surface area contributed by atoms with Crippen LogP contribution in [0.5, 0.6) is 5.75 Å². The maximum atomic E-state index is 6.32. The smallest absolute Gasteiger partial charge is 0.127 e. The zero-order valence-corrected chi connectivity index (χ0v) is 13.6. The number of fused-ring (bicyclic) bond motifs is 1. The standard InChI is InChI=1S/C16H22ClN3O/c1-11(17)16-18-14-7-6-13(21-3)10-15(14)20(16)9-8-19(2)12-4-5-12/h6-7,10-12H,4-5,8-9H2,1-3H3. The minimum absolute atomic E-state index is 0.102. The highest BCUT2D eigenvalue weighted by Crippen LogP contribution is 2.28. The molecule has 3 rings (SSSR count). The zero-order chi connectivity index (χ0) is 15.0. The van der Waals surface area contributed by atoms with Crippen LogP contribution in [0.1, 0.15) is 31.0 Å². The van der Waals surface area contributed by atoms with Crippen molar-refractivity contribution in [3.05, 3.63) is 24.0 Å². The number of rotatable bonds is 6. The second-order valence-corrected chi connectivity index (χ2v) is 6.46. The van der Waals surface area contributed by atoms with Crippen molar-refractivity contribution in [1.82, 2.24) is 14.5 Å². The molecule has 0 N–H and O–H groups in total. The Balaban J connectivity index is 1.93. The highest BCUT2D eigenvalue weighted by molar-refractivity contribution is 6.20. The summed E-state index contributed by atoms with van der Waals surface area (Å²) in [7, 11) is 3.88. The first kappa shape index (κ1) is 14.7. The molecule has 1 heterocycles. The molecule has 1 fully saturated rings. The van der Waals surface area contributed by atoms with Gasteiger partial charge >= 0.3 is 0 Å². The van der Waals surface area contributed by atoms with E-state index in [1.165, 1.54) is 12.8 Å². The average Bonchev–Trinajstić information content (AvgIpc) is 3.26. The van der Waals surface area contributed by atoms with E-state index in [1.54, 1.807) is 7.11 Å². The summed E-state index contributed by atoms with van der Waals surface area (Å²) in [5.74, 6) is 1.79. The van der Waals surface area contributed by atoms with Gasteiger partial charge in [-0.25, -0.2) is 4.98 Å². The minimum Gasteiger partial charge on any atom is -0.497 e. The van der Waals surface area contributed by atoms with Crippen molar-refractivity contribution in [1.29, 1.82) is 0 Å². The third-order valence-corrected chi connectivity index (χ3v) is 4.38. The van der Waals surface area contributed by atoms with Gasteiger partial charge in [0.05, 0.1) is 23.5 Å². The van der Waals surface area contributed by atoms with Gasteiger partial charge in [-0.3, -0.25) is 0 Å². The Bertz CT molecular complexity index is 634. The number of alkyl halides is 1. The Kier molecular flexibility index (Phi) is 4.09. The number of imidazole rings is 1. The molecule has 1 unspecified atom stereocenters. The first-order valence-electron chi connectivity index (χ1n) is 7.48. The number of aromatic nitrogens is 2. The molecule has 0 spiro atoms. The molecular weight excluding hydrogens is 286 g/mol. The van der Waals surface area contributed by atoms with Gasteiger partial charge in [0.1, 0.15) is 11.6 Å². The van der Waals surface area contributed by atoms with Crippen LogP contribution in [0.25, 0.3) is 11.0 Å². The molecule has 0 aliphatic heterocycles. The minimum atomic E-state index is -0.102. The van der Waals surface area contributed by atoms with E-state index in [0.29, 0.717) is 0 Å². The van der Waals surface area contributed by atoms with E-state index < -0.39 is 0 Å². The monoisotopic (exact) mass is 307 g/mol. The molecule has 0 amide bonds. The third kappa shape index (κ3) is 3.01. The van der Waals surface area contributed by atoms with Crippen LogP contribution in [0.3, 0.4) is 0 Å². The van der Waals surface area contributed by atoms with Crippen molar-refractivity contribution in [2.45, 2.75) is 37.7 Å². The van der Waals surface area contributed by atoms with E-state index in [1.807, 2.05) is 25.1 Å². The van der Waals surface area contributed by atoms with Gasteiger partial charge in [-0.05, 0) is 38.9 Å². The maximum absolute atomic E-state index is 6.32. The number of halogens is 1. The molecule has 1 saturated carbocycles. The lowest BCUT2D eigenvalue weighted by Gasteiger charge is -2.18. The van der Waals surface area contributed by atoms with Gasteiger partial charge in [-0.2, -0.15) is 0 Å². The summed E-state index contributed by atoms with van der Waals surface area (Å²) < 4.78 is 7.57. The Hall–Kier alpha value is -1.26. The van der Waals surface area contributed by atoms with Crippen molar-refractivity contribution in [2.24, 2.45) is 0 Å². The summed E-state index contributed by atoms with van der Waals surface area (Å²) in [6.45, 7) is 3.90. The summed E-state index contributed by atoms with van der Waals surface area (Å²) in [4.78, 5) is 7.11. The lowest BCUT2D eigenvalue weighted by Crippen LogP contribution is -2.25. The van der Waals surface area contributed by atoms with Gasteiger partial charge < -0.3 is 14.2 Å². The fourth-order valence-electron chi connectivity index (χ4n) is 2.74. The van der Waals surface area contributed by atoms with Crippen LogP contribution in [0.2, 0.25) is 0 Å². The Labute approximate surface area is 130 Å². The Morgan fingerprint density at radius 3 is 2.86 bits per heavy atom. The largest absolute Gasteiger partial charge is 0.497 e. The van der Waals surface area contributed by atoms with E-state index in [0.717, 1.165) is 41.7 Å². The van der Waals surface area contributed by atoms with E-state index in [9.17, 15) is 0 Å². The summed E-state index contributed by atoms with van der Waals surface area (Å²) >= 11 is 6.32. The van der Waals surface area contributed by atoms with E-state index in [2.05, 4.69) is 21.5 Å². The van der Waals surface area contributed by atoms with E-state index in [4.69, 9.17) is 16.3 Å². The van der Waals surface area contributed by atoms with Gasteiger partial charge in [0.25, 0.3) is 0 Å². The number of likely N-dealkylation sites (N-methyl/N-ethyl adjacent to an activating group) is 1. The van der Waals surface area contributed by atoms with Crippen LogP contribution < -0.4 is 4.74 Å². The molecule has 1 aliphatic rings. The van der Waals surface area contributed by atoms with Crippen LogP contribution in [0, 0.1) is 0 Å². The van der Waals surface area contributed by atoms with Crippen molar-refractivity contribution in [3.63, 3.8) is 0 Å². The topological polar surface area (TPSA) is 30.3 Å². The molecule has 21 heavy (non-hydrogen) atoms. The molecule has 5 heteroatoms. The second-order valence-electron chi connectivity index (χ2n) is 5.80. The van der Waals surface area contributed by atoms with Crippen LogP contribution in [-0.4, -0.2) is 41.2 Å². The van der Waals surface area contributed by atoms with Crippen LogP contribution in [-0.2, 0) is 6.54 Å². The molecule has 1 aromatic heterocycles. The SMILES string of the molecule is COc1ccc2nc(C(C)Cl)n(CCN(C)C3CC3)c2c1. The summed E-state index contributed by atoms with van der Waals surface area (Å²) in [5, 5.41) is -0.102. The molecule has 4 nitrogen and oxygen atoms in total. The maximum Gasteiger partial charge on any atom is 0.127 e. The number of ether oxygens (including phenoxy) is 1. The van der Waals surface area contributed by atoms with Gasteiger partial charge in [-0.15, -0.1) is 11.6 Å². The van der Waals surface area contributed by atoms with Crippen molar-refractivity contribution < 1.29 is 4.74 Å². The molecule has 114 valence electrons. The summed E-state index contributed by atoms with van der Waals surface area (Å²) in [5.41, 5.74) is 2.08. The predicted octanol–water partition coefficient (Wildman–Crippen LogP) is 3.44. The quantitative estimate of drug-likeness (QED) is 0.766. The normalized spacial score (nSPS) is 16.6. The van der Waals surface area contributed by atoms with E-state index in [-0.39, 0.29) is 5.38 Å². The number of benzene rings is 1. The third-order valence-electron chi connectivity index (χ3n) is 4.19. The van der Waals surface area contributed by atoms with Gasteiger partial charge in [0.2, 0.25) is 0 Å². The van der Waals surface area contributed by atoms with Gasteiger partial charge in [0, 0.05) is 25.2 Å². The number of methoxy groups -OCH3 is 1. The summed E-state index contributed by atoms with van der Waals surface area (Å²) in [6.07, 6.45) is 2.65. The molecule has 1 aromatic carbocycles. The number of hydrogen-bond donors (Lipinski definition) is 0. The van der Waals surface area contributed by atoms with Crippen LogP contribution in [0.15, 0.2) is 18.2 Å². The fraction of sp³-hybridized carbons (Fsp3) is 0.562. The second kappa shape index (κ2) is 5.85. The van der Waals surface area contributed by atoms with Crippen molar-refractivity contribution >= 4 is 22.6 Å². The Morgan fingerprint density at radius 2 is 2.24 bits per heavy atom. The highest BCUT2D eigenvalue weighted by Gasteiger charge is 2.26. The molecular formula is C16H22ClN3O. The lowest BCUT2D eigenvalue weighted by atomic mass is 10.3. The van der Waals surface area contributed by atoms with Crippen LogP contribution in [0.4, 0.5) is 0 Å².